The van der Waals surface area contributed by atoms with Gasteiger partial charge < -0.3 is 5.11 Å². The van der Waals surface area contributed by atoms with Crippen LogP contribution in [0.3, 0.4) is 0 Å². The molecule has 0 aliphatic rings. The average molecular weight is 373 g/mol. The van der Waals surface area contributed by atoms with Crippen LogP contribution in [0.25, 0.3) is 0 Å². The number of rotatable bonds is 4. The van der Waals surface area contributed by atoms with Gasteiger partial charge in [0, 0.05) is 16.6 Å². The summed E-state index contributed by atoms with van der Waals surface area (Å²) in [5.74, 6) is -0.392. The van der Waals surface area contributed by atoms with E-state index in [9.17, 15) is 15.2 Å². The average Bonchev–Trinajstić information content (AvgIpc) is 2.52. The summed E-state index contributed by atoms with van der Waals surface area (Å²) >= 11 is 3.33. The molecule has 0 spiro atoms. The summed E-state index contributed by atoms with van der Waals surface area (Å²) in [7, 11) is 0. The van der Waals surface area contributed by atoms with Gasteiger partial charge in [0.25, 0.3) is 5.56 Å². The van der Waals surface area contributed by atoms with E-state index in [0.29, 0.717) is 5.69 Å². The van der Waals surface area contributed by atoms with Gasteiger partial charge in [0.05, 0.1) is 5.69 Å². The van der Waals surface area contributed by atoms with Crippen molar-refractivity contribution in [1.82, 2.24) is 4.57 Å². The van der Waals surface area contributed by atoms with Crippen molar-refractivity contribution in [3.63, 3.8) is 0 Å². The lowest BCUT2D eigenvalue weighted by Crippen LogP contribution is -2.21. The third kappa shape index (κ3) is 3.38. The summed E-state index contributed by atoms with van der Waals surface area (Å²) in [6, 6.07) is 8.99. The number of nitriles is 1. The monoisotopic (exact) mass is 372 g/mol. The van der Waals surface area contributed by atoms with Crippen LogP contribution in [0.2, 0.25) is 0 Å². The third-order valence-electron chi connectivity index (χ3n) is 3.15. The van der Waals surface area contributed by atoms with Crippen LogP contribution in [0.5, 0.6) is 5.88 Å². The molecule has 2 aromatic rings. The molecular weight excluding hydrogens is 360 g/mol. The zero-order valence-electron chi connectivity index (χ0n) is 12.3. The fraction of sp³-hybridized carbons (Fsp3) is 0.125. The number of nitrogens with zero attached hydrogens (tertiary/aromatic N) is 4. The van der Waals surface area contributed by atoms with Crippen molar-refractivity contribution in [2.45, 2.75) is 13.5 Å². The number of pyridine rings is 1. The summed E-state index contributed by atoms with van der Waals surface area (Å²) in [4.78, 5) is 12.4. The van der Waals surface area contributed by atoms with Gasteiger partial charge in [-0.15, -0.1) is 11.7 Å². The normalized spacial score (nSPS) is 10.7. The topological polar surface area (TPSA) is 90.7 Å². The molecule has 0 bridgehead atoms. The summed E-state index contributed by atoms with van der Waals surface area (Å²) in [5, 5.41) is 27.3. The minimum atomic E-state index is -0.530. The van der Waals surface area contributed by atoms with Crippen molar-refractivity contribution < 1.29 is 5.11 Å². The lowest BCUT2D eigenvalue weighted by Gasteiger charge is -2.11. The Hall–Kier alpha value is -2.72. The molecule has 23 heavy (non-hydrogen) atoms. The predicted molar refractivity (Wildman–Crippen MR) is 90.3 cm³/mol. The zero-order valence-corrected chi connectivity index (χ0v) is 13.9. The van der Waals surface area contributed by atoms with Crippen molar-refractivity contribution in [3.05, 3.63) is 62.9 Å². The number of hydrogen-bond acceptors (Lipinski definition) is 5. The number of allylic oxidation sites excluding steroid dienone is 1. The quantitative estimate of drug-likeness (QED) is 0.646. The lowest BCUT2D eigenvalue weighted by molar-refractivity contribution is 0.414. The van der Waals surface area contributed by atoms with Gasteiger partial charge in [-0.25, -0.2) is 0 Å². The van der Waals surface area contributed by atoms with E-state index >= 15 is 0 Å². The van der Waals surface area contributed by atoms with Gasteiger partial charge >= 0.3 is 0 Å². The van der Waals surface area contributed by atoms with Crippen LogP contribution in [0, 0.1) is 18.3 Å². The first-order valence-corrected chi connectivity index (χ1v) is 7.43. The van der Waals surface area contributed by atoms with Crippen molar-refractivity contribution >= 4 is 27.3 Å². The first-order chi connectivity index (χ1) is 11.0. The van der Waals surface area contributed by atoms with Crippen LogP contribution in [0.15, 0.2) is 56.4 Å². The highest BCUT2D eigenvalue weighted by Crippen LogP contribution is 2.27. The largest absolute Gasteiger partial charge is 0.493 e. The van der Waals surface area contributed by atoms with Gasteiger partial charge in [0.2, 0.25) is 5.88 Å². The molecular formula is C16H13BrN4O2. The van der Waals surface area contributed by atoms with E-state index < -0.39 is 11.4 Å². The van der Waals surface area contributed by atoms with Crippen molar-refractivity contribution in [2.24, 2.45) is 10.2 Å². The maximum atomic E-state index is 12.4. The van der Waals surface area contributed by atoms with Crippen LogP contribution >= 0.6 is 15.9 Å². The molecule has 1 aromatic heterocycles. The van der Waals surface area contributed by atoms with E-state index in [1.807, 2.05) is 12.1 Å². The maximum Gasteiger partial charge on any atom is 0.281 e. The van der Waals surface area contributed by atoms with Crippen molar-refractivity contribution in [1.29, 1.82) is 5.26 Å². The number of azo groups is 1. The van der Waals surface area contributed by atoms with Crippen LogP contribution in [0.1, 0.15) is 11.1 Å². The van der Waals surface area contributed by atoms with E-state index in [0.717, 1.165) is 9.04 Å². The van der Waals surface area contributed by atoms with Gasteiger partial charge in [-0.1, -0.05) is 28.1 Å². The van der Waals surface area contributed by atoms with Gasteiger partial charge in [-0.3, -0.25) is 9.36 Å². The number of aromatic hydroxyl groups is 1. The zero-order chi connectivity index (χ0) is 17.0. The van der Waals surface area contributed by atoms with Crippen LogP contribution in [-0.4, -0.2) is 9.67 Å². The standard InChI is InChI=1S/C16H13BrN4O2/c1-3-7-21-15(22)13(9-18)10(2)14(16(21)23)20-19-12-6-4-5-11(17)8-12/h3-6,8,22H,1,7H2,2H3. The third-order valence-corrected chi connectivity index (χ3v) is 3.65. The second-order valence-corrected chi connectivity index (χ2v) is 5.58. The predicted octanol–water partition coefficient (Wildman–Crippen LogP) is 4.10. The van der Waals surface area contributed by atoms with E-state index in [4.69, 9.17) is 0 Å². The van der Waals surface area contributed by atoms with Gasteiger partial charge in [-0.2, -0.15) is 10.4 Å². The maximum absolute atomic E-state index is 12.4. The molecule has 1 aromatic carbocycles. The second-order valence-electron chi connectivity index (χ2n) is 4.67. The Bertz CT molecular complexity index is 894. The molecule has 0 radical (unpaired) electrons. The number of hydrogen-bond donors (Lipinski definition) is 1. The molecule has 0 saturated carbocycles. The van der Waals surface area contributed by atoms with Gasteiger partial charge in [0.1, 0.15) is 11.6 Å². The van der Waals surface area contributed by atoms with E-state index in [2.05, 4.69) is 32.7 Å². The van der Waals surface area contributed by atoms with Crippen molar-refractivity contribution in [2.75, 3.05) is 0 Å². The smallest absolute Gasteiger partial charge is 0.281 e. The number of aromatic nitrogens is 1. The van der Waals surface area contributed by atoms with Gasteiger partial charge in [0.15, 0.2) is 5.69 Å². The minimum Gasteiger partial charge on any atom is -0.493 e. The molecule has 2 rings (SSSR count). The molecule has 116 valence electrons. The fourth-order valence-electron chi connectivity index (χ4n) is 2.00. The fourth-order valence-corrected chi connectivity index (χ4v) is 2.39. The van der Waals surface area contributed by atoms with Crippen molar-refractivity contribution in [3.8, 4) is 11.9 Å². The SMILES string of the molecule is C=CCn1c(O)c(C#N)c(C)c(N=Nc2cccc(Br)c2)c1=O. The summed E-state index contributed by atoms with van der Waals surface area (Å²) in [6.07, 6.45) is 1.45. The number of benzene rings is 1. The molecule has 1 N–H and O–H groups in total. The minimum absolute atomic E-state index is 0.00496. The molecule has 0 aliphatic carbocycles. The Morgan fingerprint density at radius 1 is 1.48 bits per heavy atom. The van der Waals surface area contributed by atoms with Crippen LogP contribution in [-0.2, 0) is 6.54 Å². The molecule has 0 aliphatic heterocycles. The first kappa shape index (κ1) is 16.6. The first-order valence-electron chi connectivity index (χ1n) is 6.64. The van der Waals surface area contributed by atoms with E-state index in [1.165, 1.54) is 6.08 Å². The van der Waals surface area contributed by atoms with Gasteiger partial charge in [-0.05, 0) is 25.1 Å². The van der Waals surface area contributed by atoms with E-state index in [1.54, 1.807) is 25.1 Å². The Morgan fingerprint density at radius 2 is 2.22 bits per heavy atom. The molecule has 0 saturated heterocycles. The highest BCUT2D eigenvalue weighted by molar-refractivity contribution is 9.10. The molecule has 7 heteroatoms. The Morgan fingerprint density at radius 3 is 2.83 bits per heavy atom. The highest BCUT2D eigenvalue weighted by Gasteiger charge is 2.18. The Balaban J connectivity index is 2.62. The lowest BCUT2D eigenvalue weighted by atomic mass is 10.1. The Kier molecular flexibility index (Phi) is 5.09. The Labute approximate surface area is 141 Å². The van der Waals surface area contributed by atoms with E-state index in [-0.39, 0.29) is 23.4 Å². The number of halogens is 1. The summed E-state index contributed by atoms with van der Waals surface area (Å²) in [5.41, 5.74) is 0.322. The molecule has 0 amide bonds. The molecule has 0 atom stereocenters. The van der Waals surface area contributed by atoms with Crippen LogP contribution < -0.4 is 5.56 Å². The molecule has 0 unspecified atom stereocenters. The second kappa shape index (κ2) is 7.03. The molecule has 1 heterocycles. The summed E-state index contributed by atoms with van der Waals surface area (Å²) < 4.78 is 1.87. The molecule has 0 fully saturated rings. The summed E-state index contributed by atoms with van der Waals surface area (Å²) in [6.45, 7) is 5.15. The highest BCUT2D eigenvalue weighted by atomic mass is 79.9. The molecule has 6 nitrogen and oxygen atoms in total. The van der Waals surface area contributed by atoms with Crippen LogP contribution in [0.4, 0.5) is 11.4 Å².